The smallest absolute Gasteiger partial charge is 0.412 e. The van der Waals surface area contributed by atoms with Gasteiger partial charge in [0.2, 0.25) is 0 Å². The van der Waals surface area contributed by atoms with Crippen LogP contribution in [-0.4, -0.2) is 84.3 Å². The Morgan fingerprint density at radius 1 is 1.11 bits per heavy atom. The molecule has 5 heterocycles. The van der Waals surface area contributed by atoms with Crippen molar-refractivity contribution in [1.29, 1.82) is 0 Å². The molecule has 0 unspecified atom stereocenters. The predicted octanol–water partition coefficient (Wildman–Crippen LogP) is 3.07. The van der Waals surface area contributed by atoms with Gasteiger partial charge in [0.1, 0.15) is 30.4 Å². The number of aromatic nitrogens is 9. The number of amides is 1. The van der Waals surface area contributed by atoms with Crippen molar-refractivity contribution in [2.75, 3.05) is 38.9 Å². The molecule has 0 bridgehead atoms. The molecule has 2 N–H and O–H groups in total. The Morgan fingerprint density at radius 3 is 2.80 bits per heavy atom. The lowest BCUT2D eigenvalue weighted by Crippen LogP contribution is -2.25. The Labute approximate surface area is 255 Å². The van der Waals surface area contributed by atoms with E-state index < -0.39 is 6.09 Å². The van der Waals surface area contributed by atoms with Crippen molar-refractivity contribution in [2.24, 2.45) is 0 Å². The van der Waals surface area contributed by atoms with Crippen molar-refractivity contribution in [2.45, 2.75) is 18.9 Å². The van der Waals surface area contributed by atoms with Gasteiger partial charge in [0.15, 0.2) is 0 Å². The SMILES string of the molecule is COCCOCCOC(=O)Nc1ccc(-c2cnc([C@@H]3CCc4nc(-c5cc(Cl)ccc5-n5cnnn5)cc(=O)n43)[nH]2)cn1. The van der Waals surface area contributed by atoms with Crippen LogP contribution < -0.4 is 10.9 Å². The molecule has 5 aromatic rings. The Morgan fingerprint density at radius 2 is 2.00 bits per heavy atom. The fraction of sp³-hybridized carbons (Fsp3) is 0.286. The molecule has 226 valence electrons. The summed E-state index contributed by atoms with van der Waals surface area (Å²) < 4.78 is 18.4. The van der Waals surface area contributed by atoms with E-state index in [-0.39, 0.29) is 24.8 Å². The summed E-state index contributed by atoms with van der Waals surface area (Å²) in [7, 11) is 1.58. The first-order valence-corrected chi connectivity index (χ1v) is 14.1. The Kier molecular flexibility index (Phi) is 8.67. The molecule has 16 heteroatoms. The number of carbonyl (C=O) groups is 1. The van der Waals surface area contributed by atoms with Crippen LogP contribution >= 0.6 is 11.6 Å². The van der Waals surface area contributed by atoms with Crippen LogP contribution in [-0.2, 0) is 20.6 Å². The number of rotatable bonds is 11. The van der Waals surface area contributed by atoms with E-state index >= 15 is 0 Å². The summed E-state index contributed by atoms with van der Waals surface area (Å²) >= 11 is 6.29. The van der Waals surface area contributed by atoms with Crippen molar-refractivity contribution < 1.29 is 19.0 Å². The lowest BCUT2D eigenvalue weighted by molar-refractivity contribution is 0.0447. The third-order valence-corrected chi connectivity index (χ3v) is 7.15. The zero-order valence-electron chi connectivity index (χ0n) is 23.5. The fourth-order valence-corrected chi connectivity index (χ4v) is 5.06. The van der Waals surface area contributed by atoms with E-state index in [9.17, 15) is 9.59 Å². The molecule has 4 aromatic heterocycles. The predicted molar refractivity (Wildman–Crippen MR) is 158 cm³/mol. The molecule has 0 saturated heterocycles. The van der Waals surface area contributed by atoms with Gasteiger partial charge in [-0.3, -0.25) is 14.7 Å². The summed E-state index contributed by atoms with van der Waals surface area (Å²) in [5.74, 6) is 1.61. The summed E-state index contributed by atoms with van der Waals surface area (Å²) in [6.07, 6.45) is 5.36. The van der Waals surface area contributed by atoms with Gasteiger partial charge in [-0.1, -0.05) is 11.6 Å². The number of hydrogen-bond acceptors (Lipinski definition) is 11. The van der Waals surface area contributed by atoms with E-state index in [1.165, 1.54) is 17.1 Å². The first kappa shape index (κ1) is 29.1. The Bertz CT molecular complexity index is 1810. The molecule has 0 spiro atoms. The molecule has 0 radical (unpaired) electrons. The number of nitrogens with one attached hydrogen (secondary N) is 2. The minimum Gasteiger partial charge on any atom is -0.447 e. The van der Waals surface area contributed by atoms with Crippen LogP contribution in [0.4, 0.5) is 10.6 Å². The van der Waals surface area contributed by atoms with Crippen LogP contribution in [0.5, 0.6) is 0 Å². The van der Waals surface area contributed by atoms with Gasteiger partial charge < -0.3 is 19.2 Å². The van der Waals surface area contributed by atoms with Crippen LogP contribution in [0, 0.1) is 0 Å². The lowest BCUT2D eigenvalue weighted by Gasteiger charge is -2.14. The van der Waals surface area contributed by atoms with Crippen LogP contribution in [0.3, 0.4) is 0 Å². The summed E-state index contributed by atoms with van der Waals surface area (Å²) in [6.45, 7) is 1.28. The molecule has 15 nitrogen and oxygen atoms in total. The van der Waals surface area contributed by atoms with E-state index in [1.807, 2.05) is 0 Å². The van der Waals surface area contributed by atoms with E-state index in [4.69, 9.17) is 30.8 Å². The van der Waals surface area contributed by atoms with Gasteiger partial charge in [-0.25, -0.2) is 19.7 Å². The van der Waals surface area contributed by atoms with Crippen molar-refractivity contribution >= 4 is 23.5 Å². The second-order valence-corrected chi connectivity index (χ2v) is 10.2. The summed E-state index contributed by atoms with van der Waals surface area (Å²) in [6, 6.07) is 9.87. The molecule has 0 saturated carbocycles. The summed E-state index contributed by atoms with van der Waals surface area (Å²) in [4.78, 5) is 42.4. The van der Waals surface area contributed by atoms with E-state index in [0.717, 1.165) is 5.56 Å². The molecular weight excluding hydrogens is 592 g/mol. The summed E-state index contributed by atoms with van der Waals surface area (Å²) in [5.41, 5.74) is 3.03. The number of ether oxygens (including phenoxy) is 3. The normalized spacial score (nSPS) is 14.0. The highest BCUT2D eigenvalue weighted by molar-refractivity contribution is 6.31. The molecule has 1 aliphatic rings. The molecule has 6 rings (SSSR count). The molecule has 1 aromatic carbocycles. The number of pyridine rings is 1. The zero-order chi connectivity index (χ0) is 30.5. The molecule has 1 aliphatic heterocycles. The van der Waals surface area contributed by atoms with E-state index in [1.54, 1.807) is 54.4 Å². The number of anilines is 1. The number of aromatic amines is 1. The largest absolute Gasteiger partial charge is 0.447 e. The standard InChI is InChI=1S/C28H27ClN10O5/c1-42-8-9-43-10-11-44-28(41)35-24-6-2-17(14-30-24)21-15-31-27(34-21)23-5-7-25-33-20(13-26(40)39(23)25)19-12-18(29)3-4-22(19)38-16-32-36-37-38/h2-4,6,12-16,23H,5,7-11H2,1H3,(H,31,34)(H,30,35,41)/t23-/m0/s1. The zero-order valence-corrected chi connectivity index (χ0v) is 24.3. The van der Waals surface area contributed by atoms with Gasteiger partial charge in [-0.15, -0.1) is 5.10 Å². The highest BCUT2D eigenvalue weighted by atomic mass is 35.5. The highest BCUT2D eigenvalue weighted by Gasteiger charge is 2.29. The maximum atomic E-state index is 13.4. The first-order valence-electron chi connectivity index (χ1n) is 13.7. The summed E-state index contributed by atoms with van der Waals surface area (Å²) in [5, 5.41) is 14.5. The maximum Gasteiger partial charge on any atom is 0.412 e. The van der Waals surface area contributed by atoms with E-state index in [2.05, 4.69) is 35.8 Å². The number of nitrogens with zero attached hydrogens (tertiary/aromatic N) is 8. The Hall–Kier alpha value is -4.99. The van der Waals surface area contributed by atoms with Gasteiger partial charge in [0.25, 0.3) is 5.56 Å². The number of methoxy groups -OCH3 is 1. The maximum absolute atomic E-state index is 13.4. The number of halogens is 1. The number of carbonyl (C=O) groups excluding carboxylic acids is 1. The molecule has 0 fully saturated rings. The van der Waals surface area contributed by atoms with Gasteiger partial charge in [0, 0.05) is 41.9 Å². The van der Waals surface area contributed by atoms with E-state index in [0.29, 0.717) is 71.2 Å². The average molecular weight is 619 g/mol. The van der Waals surface area contributed by atoms with Crippen LogP contribution in [0.25, 0.3) is 28.2 Å². The average Bonchev–Trinajstić information content (AvgIpc) is 3.81. The molecule has 1 amide bonds. The Balaban J connectivity index is 1.14. The number of imidazole rings is 1. The third-order valence-electron chi connectivity index (χ3n) is 6.92. The first-order chi connectivity index (χ1) is 21.5. The van der Waals surface area contributed by atoms with Gasteiger partial charge >= 0.3 is 6.09 Å². The highest BCUT2D eigenvalue weighted by Crippen LogP contribution is 2.32. The second kappa shape index (κ2) is 13.1. The van der Waals surface area contributed by atoms with Crippen molar-refractivity contribution in [1.82, 2.24) is 44.7 Å². The van der Waals surface area contributed by atoms with Gasteiger partial charge in [-0.2, -0.15) is 4.68 Å². The number of aryl methyl sites for hydroxylation is 1. The van der Waals surface area contributed by atoms with Crippen molar-refractivity contribution in [3.8, 4) is 28.2 Å². The van der Waals surface area contributed by atoms with Gasteiger partial charge in [-0.05, 0) is 47.2 Å². The van der Waals surface area contributed by atoms with Gasteiger partial charge in [0.05, 0.1) is 49.1 Å². The molecule has 44 heavy (non-hydrogen) atoms. The van der Waals surface area contributed by atoms with Crippen LogP contribution in [0.2, 0.25) is 5.02 Å². The number of tetrazole rings is 1. The second-order valence-electron chi connectivity index (χ2n) is 9.72. The number of benzene rings is 1. The monoisotopic (exact) mass is 618 g/mol. The minimum atomic E-state index is -0.631. The fourth-order valence-electron chi connectivity index (χ4n) is 4.88. The third kappa shape index (κ3) is 6.34. The van der Waals surface area contributed by atoms with Crippen LogP contribution in [0.1, 0.15) is 24.1 Å². The van der Waals surface area contributed by atoms with Crippen molar-refractivity contribution in [3.05, 3.63) is 82.1 Å². The molecule has 1 atom stereocenters. The molecule has 0 aliphatic carbocycles. The number of fused-ring (bicyclic) bond motifs is 1. The lowest BCUT2D eigenvalue weighted by atomic mass is 10.1. The minimum absolute atomic E-state index is 0.108. The van der Waals surface area contributed by atoms with Crippen LogP contribution in [0.15, 0.2) is 59.9 Å². The molecular formula is C28H27ClN10O5. The number of hydrogen-bond donors (Lipinski definition) is 2. The quantitative estimate of drug-likeness (QED) is 0.208. The van der Waals surface area contributed by atoms with Crippen molar-refractivity contribution in [3.63, 3.8) is 0 Å². The number of H-pyrrole nitrogens is 1. The topological polar surface area (TPSA) is 177 Å².